The van der Waals surface area contributed by atoms with E-state index in [0.717, 1.165) is 5.56 Å². The van der Waals surface area contributed by atoms with Gasteiger partial charge in [0.05, 0.1) is 41.4 Å². The van der Waals surface area contributed by atoms with Crippen LogP contribution in [0.4, 0.5) is 0 Å². The average molecular weight is 461 g/mol. The lowest BCUT2D eigenvalue weighted by molar-refractivity contribution is 0.0598. The van der Waals surface area contributed by atoms with Crippen molar-refractivity contribution >= 4 is 34.6 Å². The van der Waals surface area contributed by atoms with Gasteiger partial charge in [0.2, 0.25) is 0 Å². The Morgan fingerprint density at radius 1 is 0.909 bits per heavy atom. The summed E-state index contributed by atoms with van der Waals surface area (Å²) >= 11 is 6.39. The summed E-state index contributed by atoms with van der Waals surface area (Å²) in [7, 11) is 2.49. The second-order valence-electron chi connectivity index (χ2n) is 6.84. The normalized spacial score (nSPS) is 10.3. The maximum Gasteiger partial charge on any atom is 0.338 e. The summed E-state index contributed by atoms with van der Waals surface area (Å²) < 4.78 is 15.3. The number of hydrogen-bond donors (Lipinski definition) is 1. The number of aromatic nitrogens is 2. The minimum atomic E-state index is -0.622. The molecule has 8 heteroatoms. The number of carbonyl (C=O) groups excluding carboxylic acids is 2. The van der Waals surface area contributed by atoms with Gasteiger partial charge < -0.3 is 19.2 Å². The van der Waals surface area contributed by atoms with Gasteiger partial charge in [-0.1, -0.05) is 41.6 Å². The third-order valence-corrected chi connectivity index (χ3v) is 4.94. The molecule has 0 bridgehead atoms. The predicted molar refractivity (Wildman–Crippen MR) is 123 cm³/mol. The summed E-state index contributed by atoms with van der Waals surface area (Å²) in [6.07, 6.45) is 0. The Labute approximate surface area is 194 Å². The molecule has 3 aromatic carbocycles. The molecule has 4 aromatic rings. The van der Waals surface area contributed by atoms with Crippen LogP contribution in [0, 0.1) is 11.8 Å². The molecule has 0 aliphatic carbocycles. The van der Waals surface area contributed by atoms with E-state index in [9.17, 15) is 9.59 Å². The summed E-state index contributed by atoms with van der Waals surface area (Å²) in [6, 6.07) is 17.4. The highest BCUT2D eigenvalue weighted by molar-refractivity contribution is 6.32. The van der Waals surface area contributed by atoms with Gasteiger partial charge in [-0.2, -0.15) is 4.98 Å². The molecular weight excluding hydrogens is 444 g/mol. The van der Waals surface area contributed by atoms with E-state index in [-0.39, 0.29) is 22.9 Å². The molecule has 0 radical (unpaired) electrons. The minimum Gasteiger partial charge on any atom is -0.465 e. The van der Waals surface area contributed by atoms with Crippen LogP contribution in [-0.2, 0) is 9.47 Å². The average Bonchev–Trinajstić information content (AvgIpc) is 3.22. The second kappa shape index (κ2) is 9.47. The highest BCUT2D eigenvalue weighted by Crippen LogP contribution is 2.28. The summed E-state index contributed by atoms with van der Waals surface area (Å²) in [4.78, 5) is 31.4. The molecule has 0 amide bonds. The van der Waals surface area contributed by atoms with Gasteiger partial charge in [-0.3, -0.25) is 0 Å². The number of aromatic amines is 1. The Morgan fingerprint density at radius 2 is 1.58 bits per heavy atom. The molecular formula is C25H17ClN2O5. The topological polar surface area (TPSA) is 90.5 Å². The van der Waals surface area contributed by atoms with E-state index in [1.54, 1.807) is 12.1 Å². The first kappa shape index (κ1) is 21.9. The van der Waals surface area contributed by atoms with Crippen molar-refractivity contribution in [2.24, 2.45) is 0 Å². The van der Waals surface area contributed by atoms with Gasteiger partial charge in [-0.05, 0) is 42.5 Å². The smallest absolute Gasteiger partial charge is 0.338 e. The number of ether oxygens (including phenoxy) is 3. The van der Waals surface area contributed by atoms with Gasteiger partial charge >= 0.3 is 11.9 Å². The van der Waals surface area contributed by atoms with Crippen molar-refractivity contribution in [3.05, 3.63) is 87.9 Å². The molecule has 164 valence electrons. The Kier molecular flexibility index (Phi) is 6.29. The van der Waals surface area contributed by atoms with Crippen molar-refractivity contribution in [1.29, 1.82) is 0 Å². The summed E-state index contributed by atoms with van der Waals surface area (Å²) in [5, 5.41) is 0.460. The fourth-order valence-electron chi connectivity index (χ4n) is 3.05. The van der Waals surface area contributed by atoms with E-state index in [4.69, 9.17) is 25.8 Å². The van der Waals surface area contributed by atoms with Crippen LogP contribution in [0.25, 0.3) is 11.0 Å². The van der Waals surface area contributed by atoms with Crippen molar-refractivity contribution in [3.8, 4) is 23.6 Å². The largest absolute Gasteiger partial charge is 0.465 e. The Bertz CT molecular complexity index is 1380. The van der Waals surface area contributed by atoms with Gasteiger partial charge in [0.25, 0.3) is 6.01 Å². The minimum absolute atomic E-state index is 0.132. The molecule has 0 saturated heterocycles. The highest BCUT2D eigenvalue weighted by Gasteiger charge is 2.16. The lowest BCUT2D eigenvalue weighted by Crippen LogP contribution is -2.07. The fraction of sp³-hybridized carbons (Fsp3) is 0.0800. The van der Waals surface area contributed by atoms with Gasteiger partial charge in [0.1, 0.15) is 5.75 Å². The number of carbonyl (C=O) groups is 2. The quantitative estimate of drug-likeness (QED) is 0.341. The van der Waals surface area contributed by atoms with E-state index >= 15 is 0 Å². The molecule has 33 heavy (non-hydrogen) atoms. The lowest BCUT2D eigenvalue weighted by Gasteiger charge is -2.07. The maximum atomic E-state index is 12.0. The van der Waals surface area contributed by atoms with Crippen molar-refractivity contribution in [2.45, 2.75) is 0 Å². The third-order valence-electron chi connectivity index (χ3n) is 4.63. The van der Waals surface area contributed by atoms with Gasteiger partial charge in [0.15, 0.2) is 0 Å². The zero-order valence-electron chi connectivity index (χ0n) is 17.6. The molecule has 0 aliphatic heterocycles. The Morgan fingerprint density at radius 3 is 2.21 bits per heavy atom. The van der Waals surface area contributed by atoms with Crippen molar-refractivity contribution in [3.63, 3.8) is 0 Å². The fourth-order valence-corrected chi connectivity index (χ4v) is 3.26. The first-order chi connectivity index (χ1) is 16.0. The molecule has 0 aliphatic rings. The van der Waals surface area contributed by atoms with Crippen LogP contribution in [-0.4, -0.2) is 36.1 Å². The summed E-state index contributed by atoms with van der Waals surface area (Å²) in [6.45, 7) is 0. The molecule has 0 atom stereocenters. The Hall–Kier alpha value is -4.28. The van der Waals surface area contributed by atoms with E-state index < -0.39 is 11.9 Å². The molecule has 7 nitrogen and oxygen atoms in total. The second-order valence-corrected chi connectivity index (χ2v) is 7.25. The number of rotatable bonds is 4. The van der Waals surface area contributed by atoms with E-state index in [1.807, 2.05) is 30.3 Å². The van der Waals surface area contributed by atoms with Crippen molar-refractivity contribution in [1.82, 2.24) is 9.97 Å². The van der Waals surface area contributed by atoms with E-state index in [0.29, 0.717) is 21.6 Å². The van der Waals surface area contributed by atoms with E-state index in [2.05, 4.69) is 21.8 Å². The number of benzene rings is 3. The molecule has 4 rings (SSSR count). The standard InChI is InChI=1S/C25H17ClN2O5/c1-31-23(29)17-10-18(24(30)32-2)12-19(11-17)33-25-27-21-13-16(20(26)14-22(21)28-25)9-8-15-6-4-3-5-7-15/h3-7,10-14H,1-2H3,(H,27,28). The molecule has 0 fully saturated rings. The highest BCUT2D eigenvalue weighted by atomic mass is 35.5. The zero-order valence-corrected chi connectivity index (χ0v) is 18.4. The number of nitrogens with one attached hydrogen (secondary N) is 1. The summed E-state index contributed by atoms with van der Waals surface area (Å²) in [5.41, 5.74) is 2.97. The number of esters is 2. The first-order valence-corrected chi connectivity index (χ1v) is 10.1. The monoisotopic (exact) mass is 460 g/mol. The molecule has 1 N–H and O–H groups in total. The van der Waals surface area contributed by atoms with Crippen LogP contribution in [0.3, 0.4) is 0 Å². The lowest BCUT2D eigenvalue weighted by atomic mass is 10.1. The van der Waals surface area contributed by atoms with Gasteiger partial charge in [-0.25, -0.2) is 9.59 Å². The molecule has 0 spiro atoms. The SMILES string of the molecule is COC(=O)c1cc(Oc2nc3cc(C#Cc4ccccc4)c(Cl)cc3[nH]2)cc(C(=O)OC)c1. The molecule has 1 heterocycles. The van der Waals surface area contributed by atoms with Gasteiger partial charge in [-0.15, -0.1) is 0 Å². The summed E-state index contributed by atoms with van der Waals surface area (Å²) in [5.74, 6) is 5.08. The van der Waals surface area contributed by atoms with Crippen LogP contribution in [0.15, 0.2) is 60.7 Å². The van der Waals surface area contributed by atoms with Crippen LogP contribution in [0.5, 0.6) is 11.8 Å². The van der Waals surface area contributed by atoms with E-state index in [1.165, 1.54) is 32.4 Å². The van der Waals surface area contributed by atoms with Crippen LogP contribution in [0.1, 0.15) is 31.8 Å². The van der Waals surface area contributed by atoms with Crippen LogP contribution in [0.2, 0.25) is 5.02 Å². The Balaban J connectivity index is 1.66. The zero-order chi connectivity index (χ0) is 23.4. The number of halogens is 1. The van der Waals surface area contributed by atoms with Crippen LogP contribution < -0.4 is 4.74 Å². The van der Waals surface area contributed by atoms with Crippen LogP contribution >= 0.6 is 11.6 Å². The number of methoxy groups -OCH3 is 2. The predicted octanol–water partition coefficient (Wildman–Crippen LogP) is 4.98. The molecule has 1 aromatic heterocycles. The maximum absolute atomic E-state index is 12.0. The number of fused-ring (bicyclic) bond motifs is 1. The van der Waals surface area contributed by atoms with Gasteiger partial charge in [0, 0.05) is 11.1 Å². The number of hydrogen-bond acceptors (Lipinski definition) is 6. The van der Waals surface area contributed by atoms with Crippen molar-refractivity contribution in [2.75, 3.05) is 14.2 Å². The molecule has 0 unspecified atom stereocenters. The number of H-pyrrole nitrogens is 1. The number of imidazole rings is 1. The van der Waals surface area contributed by atoms with Crippen molar-refractivity contribution < 1.29 is 23.8 Å². The number of nitrogens with zero attached hydrogens (tertiary/aromatic N) is 1. The molecule has 0 saturated carbocycles. The first-order valence-electron chi connectivity index (χ1n) is 9.72. The third kappa shape index (κ3) is 4.97.